The molecular weight excluding hydrogens is 296 g/mol. The highest BCUT2D eigenvalue weighted by Crippen LogP contribution is 2.21. The minimum Gasteiger partial charge on any atom is -0.481 e. The predicted octanol–water partition coefficient (Wildman–Crippen LogP) is 2.43. The van der Waals surface area contributed by atoms with Crippen molar-refractivity contribution in [3.8, 4) is 5.75 Å². The molecule has 23 heavy (non-hydrogen) atoms. The van der Waals surface area contributed by atoms with E-state index in [2.05, 4.69) is 10.9 Å². The number of benzene rings is 1. The molecule has 0 fully saturated rings. The average Bonchev–Trinajstić information content (AvgIpc) is 2.95. The van der Waals surface area contributed by atoms with E-state index >= 15 is 0 Å². The van der Waals surface area contributed by atoms with E-state index in [4.69, 9.17) is 9.15 Å². The van der Waals surface area contributed by atoms with Gasteiger partial charge in [-0.2, -0.15) is 0 Å². The van der Waals surface area contributed by atoms with Crippen LogP contribution in [-0.2, 0) is 4.79 Å². The zero-order valence-electron chi connectivity index (χ0n) is 13.6. The van der Waals surface area contributed by atoms with E-state index in [9.17, 15) is 9.59 Å². The lowest BCUT2D eigenvalue weighted by atomic mass is 10.1. The number of aryl methyl sites for hydroxylation is 2. The number of nitrogens with one attached hydrogen (secondary N) is 2. The first-order chi connectivity index (χ1) is 10.9. The average molecular weight is 316 g/mol. The summed E-state index contributed by atoms with van der Waals surface area (Å²) in [6, 6.07) is 8.84. The van der Waals surface area contributed by atoms with Gasteiger partial charge in [0.15, 0.2) is 11.9 Å². The molecule has 0 radical (unpaired) electrons. The number of ether oxygens (including phenoxy) is 1. The molecule has 2 N–H and O–H groups in total. The van der Waals surface area contributed by atoms with E-state index in [1.165, 1.54) is 6.07 Å². The zero-order valence-corrected chi connectivity index (χ0v) is 13.6. The lowest BCUT2D eigenvalue weighted by molar-refractivity contribution is -0.128. The number of amides is 2. The van der Waals surface area contributed by atoms with Gasteiger partial charge in [0, 0.05) is 0 Å². The Labute approximate surface area is 134 Å². The van der Waals surface area contributed by atoms with E-state index in [0.717, 1.165) is 11.1 Å². The van der Waals surface area contributed by atoms with Crippen LogP contribution in [0.3, 0.4) is 0 Å². The molecule has 2 amide bonds. The Morgan fingerprint density at radius 3 is 2.48 bits per heavy atom. The van der Waals surface area contributed by atoms with Crippen molar-refractivity contribution in [2.24, 2.45) is 0 Å². The normalized spacial score (nSPS) is 11.7. The molecule has 0 unspecified atom stereocenters. The molecule has 0 aliphatic carbocycles. The smallest absolute Gasteiger partial charge is 0.305 e. The fourth-order valence-electron chi connectivity index (χ4n) is 1.93. The summed E-state index contributed by atoms with van der Waals surface area (Å²) >= 11 is 0. The first kappa shape index (κ1) is 16.6. The van der Waals surface area contributed by atoms with Crippen LogP contribution in [-0.4, -0.2) is 17.9 Å². The maximum absolute atomic E-state index is 12.0. The summed E-state index contributed by atoms with van der Waals surface area (Å²) in [5.41, 5.74) is 6.67. The second-order valence-corrected chi connectivity index (χ2v) is 5.31. The molecule has 0 aliphatic rings. The van der Waals surface area contributed by atoms with Gasteiger partial charge < -0.3 is 9.15 Å². The molecule has 0 aliphatic heterocycles. The Balaban J connectivity index is 1.90. The first-order valence-electron chi connectivity index (χ1n) is 7.28. The highest BCUT2D eigenvalue weighted by Gasteiger charge is 2.18. The molecule has 6 nitrogen and oxygen atoms in total. The number of carbonyl (C=O) groups excluding carboxylic acids is 2. The van der Waals surface area contributed by atoms with Crippen LogP contribution < -0.4 is 15.6 Å². The van der Waals surface area contributed by atoms with Crippen LogP contribution in [0.4, 0.5) is 0 Å². The van der Waals surface area contributed by atoms with Crippen molar-refractivity contribution in [1.29, 1.82) is 0 Å². The Bertz CT molecular complexity index is 721. The van der Waals surface area contributed by atoms with E-state index in [1.54, 1.807) is 26.0 Å². The van der Waals surface area contributed by atoms with Crippen molar-refractivity contribution < 1.29 is 18.7 Å². The lowest BCUT2D eigenvalue weighted by Crippen LogP contribution is -2.47. The van der Waals surface area contributed by atoms with Crippen LogP contribution in [0.25, 0.3) is 0 Å². The predicted molar refractivity (Wildman–Crippen MR) is 85.1 cm³/mol. The van der Waals surface area contributed by atoms with Crippen molar-refractivity contribution in [3.63, 3.8) is 0 Å². The summed E-state index contributed by atoms with van der Waals surface area (Å²) in [6.07, 6.45) is -0.755. The molecule has 6 heteroatoms. The molecule has 2 aromatic rings. The third kappa shape index (κ3) is 4.12. The van der Waals surface area contributed by atoms with E-state index in [0.29, 0.717) is 11.5 Å². The monoisotopic (exact) mass is 316 g/mol. The Morgan fingerprint density at radius 1 is 1.09 bits per heavy atom. The molecule has 0 saturated heterocycles. The van der Waals surface area contributed by atoms with Gasteiger partial charge >= 0.3 is 5.91 Å². The fraction of sp³-hybridized carbons (Fsp3) is 0.294. The van der Waals surface area contributed by atoms with E-state index in [-0.39, 0.29) is 5.76 Å². The van der Waals surface area contributed by atoms with E-state index < -0.39 is 17.9 Å². The minimum atomic E-state index is -0.755. The molecule has 1 aromatic heterocycles. The third-order valence-corrected chi connectivity index (χ3v) is 3.49. The van der Waals surface area contributed by atoms with Crippen LogP contribution in [0.5, 0.6) is 5.75 Å². The number of hydrazine groups is 1. The van der Waals surface area contributed by atoms with Crippen LogP contribution >= 0.6 is 0 Å². The van der Waals surface area contributed by atoms with Gasteiger partial charge in [-0.3, -0.25) is 20.4 Å². The van der Waals surface area contributed by atoms with Crippen molar-refractivity contribution in [3.05, 3.63) is 53.0 Å². The number of hydrogen-bond donors (Lipinski definition) is 2. The summed E-state index contributed by atoms with van der Waals surface area (Å²) in [6.45, 7) is 7.24. The second kappa shape index (κ2) is 7.00. The Hall–Kier alpha value is -2.76. The second-order valence-electron chi connectivity index (χ2n) is 5.31. The molecular formula is C17H20N2O4. The Kier molecular flexibility index (Phi) is 5.05. The summed E-state index contributed by atoms with van der Waals surface area (Å²) < 4.78 is 10.8. The fourth-order valence-corrected chi connectivity index (χ4v) is 1.93. The third-order valence-electron chi connectivity index (χ3n) is 3.49. The highest BCUT2D eigenvalue weighted by atomic mass is 16.5. The summed E-state index contributed by atoms with van der Waals surface area (Å²) in [7, 11) is 0. The topological polar surface area (TPSA) is 80.6 Å². The molecule has 2 rings (SSSR count). The van der Waals surface area contributed by atoms with Crippen molar-refractivity contribution in [1.82, 2.24) is 10.9 Å². The van der Waals surface area contributed by atoms with Gasteiger partial charge in [-0.25, -0.2) is 0 Å². The molecule has 0 spiro atoms. The Morgan fingerprint density at radius 2 is 1.83 bits per heavy atom. The standard InChI is InChI=1S/C17H20N2O4/c1-10-6-5-7-14(12(10)3)23-13(4)16(20)18-19-17(21)15-9-8-11(2)22-15/h5-9,13H,1-4H3,(H,18,20)(H,19,21)/t13-/m0/s1. The number of furan rings is 1. The lowest BCUT2D eigenvalue weighted by Gasteiger charge is -2.17. The highest BCUT2D eigenvalue weighted by molar-refractivity contribution is 5.93. The summed E-state index contributed by atoms with van der Waals surface area (Å²) in [5, 5.41) is 0. The molecule has 0 saturated carbocycles. The zero-order chi connectivity index (χ0) is 17.0. The quantitative estimate of drug-likeness (QED) is 0.849. The molecule has 1 heterocycles. The maximum Gasteiger partial charge on any atom is 0.305 e. The van der Waals surface area contributed by atoms with Crippen molar-refractivity contribution >= 4 is 11.8 Å². The van der Waals surface area contributed by atoms with Crippen molar-refractivity contribution in [2.45, 2.75) is 33.8 Å². The van der Waals surface area contributed by atoms with Gasteiger partial charge in [-0.1, -0.05) is 12.1 Å². The molecule has 0 bridgehead atoms. The maximum atomic E-state index is 12.0. The van der Waals surface area contributed by atoms with Gasteiger partial charge in [0.05, 0.1) is 0 Å². The van der Waals surface area contributed by atoms with Gasteiger partial charge in [0.25, 0.3) is 5.91 Å². The van der Waals surface area contributed by atoms with Gasteiger partial charge in [-0.05, 0) is 57.0 Å². The first-order valence-corrected chi connectivity index (χ1v) is 7.28. The van der Waals surface area contributed by atoms with Gasteiger partial charge in [0.1, 0.15) is 11.5 Å². The minimum absolute atomic E-state index is 0.130. The molecule has 1 atom stereocenters. The van der Waals surface area contributed by atoms with Crippen LogP contribution in [0.1, 0.15) is 34.4 Å². The number of hydrogen-bond acceptors (Lipinski definition) is 4. The van der Waals surface area contributed by atoms with Crippen molar-refractivity contribution in [2.75, 3.05) is 0 Å². The number of carbonyl (C=O) groups is 2. The summed E-state index contributed by atoms with van der Waals surface area (Å²) in [5.74, 6) is 0.410. The summed E-state index contributed by atoms with van der Waals surface area (Å²) in [4.78, 5) is 23.8. The van der Waals surface area contributed by atoms with E-state index in [1.807, 2.05) is 26.0 Å². The SMILES string of the molecule is Cc1ccc(C(=O)NNC(=O)[C@H](C)Oc2cccc(C)c2C)o1. The van der Waals surface area contributed by atoms with Crippen LogP contribution in [0, 0.1) is 20.8 Å². The van der Waals surface area contributed by atoms with Crippen LogP contribution in [0.15, 0.2) is 34.7 Å². The molecule has 122 valence electrons. The number of rotatable bonds is 4. The van der Waals surface area contributed by atoms with Gasteiger partial charge in [-0.15, -0.1) is 0 Å². The van der Waals surface area contributed by atoms with Crippen LogP contribution in [0.2, 0.25) is 0 Å². The van der Waals surface area contributed by atoms with Gasteiger partial charge in [0.2, 0.25) is 0 Å². The molecule has 1 aromatic carbocycles. The largest absolute Gasteiger partial charge is 0.481 e.